The molecule has 1 amide bonds. The molecule has 0 radical (unpaired) electrons. The van der Waals surface area contributed by atoms with Gasteiger partial charge in [0.05, 0.1) is 12.0 Å². The number of benzene rings is 2. The summed E-state index contributed by atoms with van der Waals surface area (Å²) >= 11 is 0. The lowest BCUT2D eigenvalue weighted by atomic mass is 10.1. The van der Waals surface area contributed by atoms with Crippen LogP contribution in [0.3, 0.4) is 0 Å². The number of rotatable bonds is 10. The van der Waals surface area contributed by atoms with E-state index >= 15 is 0 Å². The summed E-state index contributed by atoms with van der Waals surface area (Å²) < 4.78 is 32.5. The number of carbonyl (C=O) groups excluding carboxylic acids is 1. The fourth-order valence-corrected chi connectivity index (χ4v) is 3.54. The van der Waals surface area contributed by atoms with Gasteiger partial charge in [0.15, 0.2) is 0 Å². The molecule has 0 saturated carbocycles. The van der Waals surface area contributed by atoms with Crippen molar-refractivity contribution in [3.05, 3.63) is 59.7 Å². The number of nitrogens with one attached hydrogen (secondary N) is 2. The fourth-order valence-electron chi connectivity index (χ4n) is 2.51. The molecule has 0 aliphatic carbocycles. The van der Waals surface area contributed by atoms with Gasteiger partial charge in [-0.25, -0.2) is 13.1 Å². The van der Waals surface area contributed by atoms with E-state index in [1.54, 1.807) is 7.11 Å². The number of sulfonamides is 1. The molecule has 0 aliphatic heterocycles. The van der Waals surface area contributed by atoms with Gasteiger partial charge in [-0.3, -0.25) is 4.79 Å². The summed E-state index contributed by atoms with van der Waals surface area (Å²) in [4.78, 5) is 12.1. The third-order valence-corrected chi connectivity index (χ3v) is 5.56. The third-order valence-electron chi connectivity index (χ3n) is 4.08. The second kappa shape index (κ2) is 10.1. The van der Waals surface area contributed by atoms with Gasteiger partial charge in [0, 0.05) is 18.7 Å². The van der Waals surface area contributed by atoms with Crippen molar-refractivity contribution >= 4 is 15.9 Å². The van der Waals surface area contributed by atoms with Gasteiger partial charge in [-0.15, -0.1) is 0 Å². The van der Waals surface area contributed by atoms with Crippen LogP contribution >= 0.6 is 0 Å². The molecule has 0 spiro atoms. The van der Waals surface area contributed by atoms with Gasteiger partial charge in [0.2, 0.25) is 10.0 Å². The first-order chi connectivity index (χ1) is 13.0. The van der Waals surface area contributed by atoms with Gasteiger partial charge in [-0.2, -0.15) is 0 Å². The molecule has 0 heterocycles. The lowest BCUT2D eigenvalue weighted by molar-refractivity contribution is 0.0953. The van der Waals surface area contributed by atoms with Gasteiger partial charge < -0.3 is 10.1 Å². The predicted octanol–water partition coefficient (Wildman–Crippen LogP) is 2.75. The average molecular weight is 391 g/mol. The van der Waals surface area contributed by atoms with Crippen LogP contribution < -0.4 is 14.8 Å². The average Bonchev–Trinajstić information content (AvgIpc) is 2.68. The Hall–Kier alpha value is -2.38. The zero-order chi connectivity index (χ0) is 19.7. The molecule has 2 aromatic carbocycles. The first-order valence-electron chi connectivity index (χ1n) is 8.97. The van der Waals surface area contributed by atoms with Crippen LogP contribution in [0.5, 0.6) is 5.75 Å². The topological polar surface area (TPSA) is 84.5 Å². The Labute approximate surface area is 161 Å². The molecular weight excluding hydrogens is 364 g/mol. The van der Waals surface area contributed by atoms with Gasteiger partial charge >= 0.3 is 0 Å². The van der Waals surface area contributed by atoms with Crippen molar-refractivity contribution in [3.8, 4) is 5.75 Å². The molecular formula is C20H26N2O4S. The Morgan fingerprint density at radius 1 is 1.07 bits per heavy atom. The zero-order valence-electron chi connectivity index (χ0n) is 15.7. The summed E-state index contributed by atoms with van der Waals surface area (Å²) in [6.45, 7) is 2.93. The van der Waals surface area contributed by atoms with Crippen molar-refractivity contribution in [3.63, 3.8) is 0 Å². The molecule has 2 N–H and O–H groups in total. The Bertz CT molecular complexity index is 849. The fraction of sp³-hybridized carbons (Fsp3) is 0.350. The molecule has 7 heteroatoms. The maximum Gasteiger partial charge on any atom is 0.251 e. The minimum Gasteiger partial charge on any atom is -0.497 e. The van der Waals surface area contributed by atoms with Crippen LogP contribution in [0.2, 0.25) is 0 Å². The van der Waals surface area contributed by atoms with E-state index in [-0.39, 0.29) is 17.3 Å². The highest BCUT2D eigenvalue weighted by Crippen LogP contribution is 2.14. The molecule has 0 atom stereocenters. The van der Waals surface area contributed by atoms with E-state index in [4.69, 9.17) is 4.74 Å². The van der Waals surface area contributed by atoms with E-state index in [1.165, 1.54) is 24.3 Å². The summed E-state index contributed by atoms with van der Waals surface area (Å²) in [5, 5.41) is 2.81. The number of amides is 1. The number of ether oxygens (including phenoxy) is 1. The van der Waals surface area contributed by atoms with Crippen molar-refractivity contribution in [1.29, 1.82) is 0 Å². The van der Waals surface area contributed by atoms with E-state index in [0.29, 0.717) is 18.5 Å². The Morgan fingerprint density at radius 3 is 2.48 bits per heavy atom. The Balaban J connectivity index is 1.92. The van der Waals surface area contributed by atoms with E-state index in [9.17, 15) is 13.2 Å². The summed E-state index contributed by atoms with van der Waals surface area (Å²) in [5.74, 6) is 0.543. The quantitative estimate of drug-likeness (QED) is 0.611. The molecule has 0 unspecified atom stereocenters. The maximum atomic E-state index is 12.4. The molecule has 0 aromatic heterocycles. The highest BCUT2D eigenvalue weighted by molar-refractivity contribution is 7.89. The SMILES string of the molecule is CCCCNC(=O)c1ccc(S(=O)(=O)NCCc2cccc(OC)c2)cc1. The van der Waals surface area contributed by atoms with E-state index in [1.807, 2.05) is 31.2 Å². The minimum atomic E-state index is -3.62. The largest absolute Gasteiger partial charge is 0.497 e. The molecule has 0 fully saturated rings. The molecule has 146 valence electrons. The van der Waals surface area contributed by atoms with Crippen LogP contribution in [0.4, 0.5) is 0 Å². The summed E-state index contributed by atoms with van der Waals surface area (Å²) in [6.07, 6.45) is 2.46. The number of methoxy groups -OCH3 is 1. The van der Waals surface area contributed by atoms with Crippen LogP contribution in [0.15, 0.2) is 53.4 Å². The van der Waals surface area contributed by atoms with Crippen LogP contribution in [0, 0.1) is 0 Å². The van der Waals surface area contributed by atoms with Crippen molar-refractivity contribution in [2.75, 3.05) is 20.2 Å². The number of hydrogen-bond acceptors (Lipinski definition) is 4. The zero-order valence-corrected chi connectivity index (χ0v) is 16.5. The highest BCUT2D eigenvalue weighted by Gasteiger charge is 2.14. The number of unbranched alkanes of at least 4 members (excludes halogenated alkanes) is 1. The second-order valence-corrected chi connectivity index (χ2v) is 7.90. The first-order valence-corrected chi connectivity index (χ1v) is 10.5. The molecule has 6 nitrogen and oxygen atoms in total. The summed E-state index contributed by atoms with van der Waals surface area (Å²) in [6, 6.07) is 13.4. The lowest BCUT2D eigenvalue weighted by Gasteiger charge is -2.09. The van der Waals surface area contributed by atoms with E-state index in [0.717, 1.165) is 24.2 Å². The molecule has 2 aromatic rings. The monoisotopic (exact) mass is 390 g/mol. The predicted molar refractivity (Wildman–Crippen MR) is 106 cm³/mol. The molecule has 0 saturated heterocycles. The maximum absolute atomic E-state index is 12.4. The summed E-state index contributed by atoms with van der Waals surface area (Å²) in [7, 11) is -2.03. The summed E-state index contributed by atoms with van der Waals surface area (Å²) in [5.41, 5.74) is 1.43. The van der Waals surface area contributed by atoms with Crippen molar-refractivity contribution in [2.45, 2.75) is 31.1 Å². The molecule has 2 rings (SSSR count). The van der Waals surface area contributed by atoms with Crippen LogP contribution in [-0.4, -0.2) is 34.5 Å². The van der Waals surface area contributed by atoms with E-state index in [2.05, 4.69) is 10.0 Å². The Kier molecular flexibility index (Phi) is 7.82. The van der Waals surface area contributed by atoms with Crippen LogP contribution in [-0.2, 0) is 16.4 Å². The van der Waals surface area contributed by atoms with Gasteiger partial charge in [-0.05, 0) is 54.8 Å². The first kappa shape index (κ1) is 20.9. The van der Waals surface area contributed by atoms with Gasteiger partial charge in [0.25, 0.3) is 5.91 Å². The normalized spacial score (nSPS) is 11.2. The number of hydrogen-bond donors (Lipinski definition) is 2. The minimum absolute atomic E-state index is 0.137. The highest BCUT2D eigenvalue weighted by atomic mass is 32.2. The number of carbonyl (C=O) groups is 1. The lowest BCUT2D eigenvalue weighted by Crippen LogP contribution is -2.26. The van der Waals surface area contributed by atoms with Crippen molar-refractivity contribution < 1.29 is 17.9 Å². The standard InChI is InChI=1S/C20H26N2O4S/c1-3-4-13-21-20(23)17-8-10-19(11-9-17)27(24,25)22-14-12-16-6-5-7-18(15-16)26-2/h5-11,15,22H,3-4,12-14H2,1-2H3,(H,21,23). The van der Waals surface area contributed by atoms with E-state index < -0.39 is 10.0 Å². The van der Waals surface area contributed by atoms with Crippen molar-refractivity contribution in [1.82, 2.24) is 10.0 Å². The third kappa shape index (κ3) is 6.37. The van der Waals surface area contributed by atoms with Gasteiger partial charge in [-0.1, -0.05) is 25.5 Å². The Morgan fingerprint density at radius 2 is 1.81 bits per heavy atom. The smallest absolute Gasteiger partial charge is 0.251 e. The molecule has 27 heavy (non-hydrogen) atoms. The molecule has 0 bridgehead atoms. The second-order valence-electron chi connectivity index (χ2n) is 6.13. The van der Waals surface area contributed by atoms with Crippen LogP contribution in [0.1, 0.15) is 35.7 Å². The molecule has 0 aliphatic rings. The van der Waals surface area contributed by atoms with Crippen LogP contribution in [0.25, 0.3) is 0 Å². The van der Waals surface area contributed by atoms with Crippen molar-refractivity contribution in [2.24, 2.45) is 0 Å². The van der Waals surface area contributed by atoms with Gasteiger partial charge in [0.1, 0.15) is 5.75 Å².